The maximum atomic E-state index is 12.5. The van der Waals surface area contributed by atoms with Crippen LogP contribution in [0.4, 0.5) is 5.69 Å². The van der Waals surface area contributed by atoms with Gasteiger partial charge >= 0.3 is 5.97 Å². The van der Waals surface area contributed by atoms with Gasteiger partial charge in [-0.3, -0.25) is 4.79 Å². The van der Waals surface area contributed by atoms with E-state index in [0.29, 0.717) is 17.7 Å². The van der Waals surface area contributed by atoms with Gasteiger partial charge in [-0.05, 0) is 49.1 Å². The van der Waals surface area contributed by atoms with Crippen molar-refractivity contribution in [1.82, 2.24) is 0 Å². The van der Waals surface area contributed by atoms with E-state index in [1.165, 1.54) is 11.3 Å². The van der Waals surface area contributed by atoms with E-state index in [9.17, 15) is 14.7 Å². The molecule has 0 bridgehead atoms. The first kappa shape index (κ1) is 22.2. The number of aliphatic hydroxyl groups excluding tert-OH is 1. The van der Waals surface area contributed by atoms with E-state index in [1.807, 2.05) is 47.4 Å². The molecule has 1 unspecified atom stereocenters. The van der Waals surface area contributed by atoms with Crippen molar-refractivity contribution in [3.63, 3.8) is 0 Å². The highest BCUT2D eigenvalue weighted by atomic mass is 32.1. The standard InChI is InChI=1S/C24H29NO4S/c1-2-3-4-8-21(26)17-9-11-19(12-10-17)25-18(13-16-23(25)27)6-5-7-20-14-15-22(30-20)24(28)29/h5-6,9-12,14-15,18,21,26H,2-4,7-8,13,16H2,1H3,(H,28,29)/t18-,21?/m1/s1. The van der Waals surface area contributed by atoms with Gasteiger partial charge in [0.2, 0.25) is 5.91 Å². The Morgan fingerprint density at radius 1 is 1.23 bits per heavy atom. The van der Waals surface area contributed by atoms with Gasteiger partial charge in [-0.15, -0.1) is 11.3 Å². The maximum absolute atomic E-state index is 12.5. The van der Waals surface area contributed by atoms with Crippen LogP contribution in [-0.4, -0.2) is 28.1 Å². The third-order valence-corrected chi connectivity index (χ3v) is 6.54. The summed E-state index contributed by atoms with van der Waals surface area (Å²) >= 11 is 1.28. The number of carbonyl (C=O) groups excluding carboxylic acids is 1. The Hall–Kier alpha value is -2.44. The molecule has 2 N–H and O–H groups in total. The number of benzene rings is 1. The molecule has 0 radical (unpaired) electrons. The molecule has 2 heterocycles. The second-order valence-electron chi connectivity index (χ2n) is 7.68. The number of hydrogen-bond acceptors (Lipinski definition) is 4. The fraction of sp³-hybridized carbons (Fsp3) is 0.417. The van der Waals surface area contributed by atoms with Crippen molar-refractivity contribution in [1.29, 1.82) is 0 Å². The topological polar surface area (TPSA) is 77.8 Å². The summed E-state index contributed by atoms with van der Waals surface area (Å²) in [6.07, 6.45) is 9.54. The molecule has 0 saturated carbocycles. The van der Waals surface area contributed by atoms with E-state index in [-0.39, 0.29) is 11.9 Å². The minimum absolute atomic E-state index is 0.00302. The zero-order chi connectivity index (χ0) is 21.5. The predicted octanol–water partition coefficient (Wildman–Crippen LogP) is 5.35. The number of carbonyl (C=O) groups is 2. The molecule has 5 nitrogen and oxygen atoms in total. The first-order valence-corrected chi connectivity index (χ1v) is 11.4. The Balaban J connectivity index is 1.63. The molecule has 0 aliphatic carbocycles. The van der Waals surface area contributed by atoms with Crippen molar-refractivity contribution in [2.24, 2.45) is 0 Å². The summed E-state index contributed by atoms with van der Waals surface area (Å²) in [6, 6.07) is 11.1. The molecular formula is C24H29NO4S. The van der Waals surface area contributed by atoms with Gasteiger partial charge in [0.1, 0.15) is 4.88 Å². The molecule has 1 fully saturated rings. The number of anilines is 1. The quantitative estimate of drug-likeness (QED) is 0.395. The van der Waals surface area contributed by atoms with Crippen LogP contribution in [0.1, 0.15) is 71.7 Å². The normalized spacial score (nSPS) is 17.7. The van der Waals surface area contributed by atoms with Crippen molar-refractivity contribution in [2.45, 2.75) is 64.0 Å². The number of carboxylic acid groups (broad SMARTS) is 1. The minimum Gasteiger partial charge on any atom is -0.477 e. The molecule has 0 spiro atoms. The SMILES string of the molecule is CCCCCC(O)c1ccc(N2C(=O)CC[C@H]2C=CCc2ccc(C(=O)O)s2)cc1. The number of allylic oxidation sites excluding steroid dienone is 1. The van der Waals surface area contributed by atoms with Gasteiger partial charge in [0.15, 0.2) is 0 Å². The number of rotatable bonds is 10. The van der Waals surface area contributed by atoms with Gasteiger partial charge in [0.05, 0.1) is 12.1 Å². The number of aliphatic hydroxyl groups is 1. The van der Waals surface area contributed by atoms with Gasteiger partial charge in [-0.2, -0.15) is 0 Å². The average Bonchev–Trinajstić information content (AvgIpc) is 3.35. The summed E-state index contributed by atoms with van der Waals surface area (Å²) in [5.41, 5.74) is 1.74. The van der Waals surface area contributed by atoms with Crippen LogP contribution in [0.25, 0.3) is 0 Å². The molecular weight excluding hydrogens is 398 g/mol. The van der Waals surface area contributed by atoms with Crippen LogP contribution in [-0.2, 0) is 11.2 Å². The molecule has 1 aromatic carbocycles. The summed E-state index contributed by atoms with van der Waals surface area (Å²) in [5.74, 6) is -0.799. The second-order valence-corrected chi connectivity index (χ2v) is 8.84. The molecule has 160 valence electrons. The van der Waals surface area contributed by atoms with Gasteiger partial charge < -0.3 is 15.1 Å². The number of unbranched alkanes of at least 4 members (excludes halogenated alkanes) is 2. The Morgan fingerprint density at radius 3 is 2.67 bits per heavy atom. The van der Waals surface area contributed by atoms with E-state index < -0.39 is 12.1 Å². The summed E-state index contributed by atoms with van der Waals surface area (Å²) in [6.45, 7) is 2.15. The number of nitrogens with zero attached hydrogens (tertiary/aromatic N) is 1. The molecule has 1 aliphatic heterocycles. The molecule has 2 atom stereocenters. The fourth-order valence-electron chi connectivity index (χ4n) is 3.78. The summed E-state index contributed by atoms with van der Waals surface area (Å²) in [5, 5.41) is 19.4. The van der Waals surface area contributed by atoms with Crippen LogP contribution < -0.4 is 4.90 Å². The molecule has 1 saturated heterocycles. The zero-order valence-electron chi connectivity index (χ0n) is 17.3. The van der Waals surface area contributed by atoms with E-state index in [4.69, 9.17) is 5.11 Å². The van der Waals surface area contributed by atoms with Crippen molar-refractivity contribution in [2.75, 3.05) is 4.90 Å². The zero-order valence-corrected chi connectivity index (χ0v) is 18.1. The van der Waals surface area contributed by atoms with Crippen molar-refractivity contribution < 1.29 is 19.8 Å². The van der Waals surface area contributed by atoms with Crippen LogP contribution in [0.2, 0.25) is 0 Å². The average molecular weight is 428 g/mol. The van der Waals surface area contributed by atoms with Crippen molar-refractivity contribution in [3.05, 3.63) is 63.9 Å². The monoisotopic (exact) mass is 427 g/mol. The van der Waals surface area contributed by atoms with Crippen LogP contribution >= 0.6 is 11.3 Å². The largest absolute Gasteiger partial charge is 0.477 e. The van der Waals surface area contributed by atoms with E-state index in [2.05, 4.69) is 6.92 Å². The van der Waals surface area contributed by atoms with Gasteiger partial charge in [-0.1, -0.05) is 50.5 Å². The Kier molecular flexibility index (Phi) is 7.82. The van der Waals surface area contributed by atoms with Crippen LogP contribution in [0, 0.1) is 0 Å². The third kappa shape index (κ3) is 5.58. The van der Waals surface area contributed by atoms with Crippen molar-refractivity contribution >= 4 is 28.9 Å². The Morgan fingerprint density at radius 2 is 2.00 bits per heavy atom. The highest BCUT2D eigenvalue weighted by Gasteiger charge is 2.30. The lowest BCUT2D eigenvalue weighted by molar-refractivity contribution is -0.117. The first-order chi connectivity index (χ1) is 14.5. The maximum Gasteiger partial charge on any atom is 0.345 e. The number of amides is 1. The molecule has 2 aromatic rings. The number of thiophene rings is 1. The van der Waals surface area contributed by atoms with E-state index >= 15 is 0 Å². The van der Waals surface area contributed by atoms with Crippen LogP contribution in [0.3, 0.4) is 0 Å². The summed E-state index contributed by atoms with van der Waals surface area (Å²) < 4.78 is 0. The molecule has 30 heavy (non-hydrogen) atoms. The molecule has 6 heteroatoms. The number of aromatic carboxylic acids is 1. The van der Waals surface area contributed by atoms with E-state index in [0.717, 1.165) is 48.2 Å². The van der Waals surface area contributed by atoms with E-state index in [1.54, 1.807) is 6.07 Å². The number of carboxylic acids is 1. The Labute approximate surface area is 181 Å². The molecule has 1 aromatic heterocycles. The predicted molar refractivity (Wildman–Crippen MR) is 120 cm³/mol. The van der Waals surface area contributed by atoms with Crippen LogP contribution in [0.15, 0.2) is 48.6 Å². The fourth-order valence-corrected chi connectivity index (χ4v) is 4.60. The Bertz CT molecular complexity index is 887. The lowest BCUT2D eigenvalue weighted by atomic mass is 10.0. The minimum atomic E-state index is -0.901. The number of hydrogen-bond donors (Lipinski definition) is 2. The van der Waals surface area contributed by atoms with Crippen LogP contribution in [0.5, 0.6) is 0 Å². The second kappa shape index (κ2) is 10.5. The molecule has 1 amide bonds. The van der Waals surface area contributed by atoms with Gasteiger partial charge in [0.25, 0.3) is 0 Å². The summed E-state index contributed by atoms with van der Waals surface area (Å²) in [7, 11) is 0. The highest BCUT2D eigenvalue weighted by molar-refractivity contribution is 7.13. The lowest BCUT2D eigenvalue weighted by Crippen LogP contribution is -2.31. The highest BCUT2D eigenvalue weighted by Crippen LogP contribution is 2.30. The molecule has 1 aliphatic rings. The molecule has 3 rings (SSSR count). The summed E-state index contributed by atoms with van der Waals surface area (Å²) in [4.78, 5) is 26.6. The smallest absolute Gasteiger partial charge is 0.345 e. The van der Waals surface area contributed by atoms with Gasteiger partial charge in [0, 0.05) is 17.0 Å². The third-order valence-electron chi connectivity index (χ3n) is 5.44. The first-order valence-electron chi connectivity index (χ1n) is 10.6. The lowest BCUT2D eigenvalue weighted by Gasteiger charge is -2.23. The van der Waals surface area contributed by atoms with Crippen molar-refractivity contribution in [3.8, 4) is 0 Å². The van der Waals surface area contributed by atoms with Gasteiger partial charge in [-0.25, -0.2) is 4.79 Å².